The third-order valence-corrected chi connectivity index (χ3v) is 4.54. The van der Waals surface area contributed by atoms with Gasteiger partial charge in [-0.05, 0) is 41.7 Å². The van der Waals surface area contributed by atoms with Crippen molar-refractivity contribution in [1.29, 1.82) is 0 Å². The fourth-order valence-corrected chi connectivity index (χ4v) is 2.94. The zero-order valence-corrected chi connectivity index (χ0v) is 15.6. The summed E-state index contributed by atoms with van der Waals surface area (Å²) in [5, 5.41) is 3.94. The maximum atomic E-state index is 12.0. The summed E-state index contributed by atoms with van der Waals surface area (Å²) in [4.78, 5) is 27.2. The maximum Gasteiger partial charge on any atom is 0.338 e. The second-order valence-electron chi connectivity index (χ2n) is 6.81. The molecule has 0 saturated carbocycles. The molecule has 140 valence electrons. The average molecular weight is 364 g/mol. The first kappa shape index (κ1) is 18.7. The molecule has 0 bridgehead atoms. The summed E-state index contributed by atoms with van der Waals surface area (Å²) in [5.74, 6) is -0.392. The molecule has 3 rings (SSSR count). The number of aromatic amines is 1. The van der Waals surface area contributed by atoms with E-state index >= 15 is 0 Å². The molecule has 0 aliphatic heterocycles. The minimum absolute atomic E-state index is 0.279. The van der Waals surface area contributed by atoms with E-state index in [2.05, 4.69) is 30.2 Å². The number of ether oxygens (including phenoxy) is 1. The minimum atomic E-state index is -0.489. The molecule has 5 nitrogen and oxygen atoms in total. The lowest BCUT2D eigenvalue weighted by molar-refractivity contribution is -0.124. The zero-order valence-electron chi connectivity index (χ0n) is 15.6. The molecule has 1 amide bonds. The Bertz CT molecular complexity index is 926. The van der Waals surface area contributed by atoms with Gasteiger partial charge in [-0.25, -0.2) is 4.79 Å². The molecule has 0 aliphatic carbocycles. The number of para-hydroxylation sites is 1. The predicted molar refractivity (Wildman–Crippen MR) is 106 cm³/mol. The Morgan fingerprint density at radius 1 is 1.07 bits per heavy atom. The van der Waals surface area contributed by atoms with Crippen molar-refractivity contribution in [3.05, 3.63) is 71.4 Å². The number of nitrogens with one attached hydrogen (secondary N) is 2. The molecule has 2 N–H and O–H groups in total. The number of hydrogen-bond donors (Lipinski definition) is 2. The smallest absolute Gasteiger partial charge is 0.338 e. The third kappa shape index (κ3) is 4.76. The highest BCUT2D eigenvalue weighted by atomic mass is 16.5. The summed E-state index contributed by atoms with van der Waals surface area (Å²) in [6.07, 6.45) is 2.66. The Labute approximate surface area is 158 Å². The molecule has 1 heterocycles. The number of esters is 1. The van der Waals surface area contributed by atoms with Crippen molar-refractivity contribution in [3.8, 4) is 0 Å². The van der Waals surface area contributed by atoms with Crippen molar-refractivity contribution in [3.63, 3.8) is 0 Å². The van der Waals surface area contributed by atoms with E-state index in [9.17, 15) is 9.59 Å². The van der Waals surface area contributed by atoms with Crippen molar-refractivity contribution in [2.45, 2.75) is 26.2 Å². The number of carbonyl (C=O) groups excluding carboxylic acids is 2. The summed E-state index contributed by atoms with van der Waals surface area (Å²) in [6, 6.07) is 15.3. The van der Waals surface area contributed by atoms with Crippen LogP contribution in [0.2, 0.25) is 0 Å². The second kappa shape index (κ2) is 8.54. The van der Waals surface area contributed by atoms with Gasteiger partial charge in [-0.1, -0.05) is 44.2 Å². The fourth-order valence-electron chi connectivity index (χ4n) is 2.94. The van der Waals surface area contributed by atoms with Gasteiger partial charge in [0.15, 0.2) is 6.61 Å². The number of rotatable bonds is 7. The Morgan fingerprint density at radius 2 is 1.81 bits per heavy atom. The fraction of sp³-hybridized carbons (Fsp3) is 0.273. The van der Waals surface area contributed by atoms with Crippen LogP contribution in [0.15, 0.2) is 54.7 Å². The van der Waals surface area contributed by atoms with Crippen LogP contribution in [0.25, 0.3) is 10.9 Å². The highest BCUT2D eigenvalue weighted by molar-refractivity contribution is 5.91. The van der Waals surface area contributed by atoms with Crippen molar-refractivity contribution < 1.29 is 14.3 Å². The lowest BCUT2D eigenvalue weighted by Gasteiger charge is -2.08. The Hall–Kier alpha value is -3.08. The molecule has 0 unspecified atom stereocenters. The summed E-state index contributed by atoms with van der Waals surface area (Å²) in [5.41, 5.74) is 3.83. The first-order valence-electron chi connectivity index (χ1n) is 9.13. The first-order chi connectivity index (χ1) is 13.0. The minimum Gasteiger partial charge on any atom is -0.452 e. The van der Waals surface area contributed by atoms with Gasteiger partial charge in [0.25, 0.3) is 5.91 Å². The van der Waals surface area contributed by atoms with Gasteiger partial charge in [-0.3, -0.25) is 4.79 Å². The van der Waals surface area contributed by atoms with E-state index in [-0.39, 0.29) is 12.5 Å². The van der Waals surface area contributed by atoms with E-state index in [0.29, 0.717) is 24.4 Å². The first-order valence-corrected chi connectivity index (χ1v) is 9.13. The van der Waals surface area contributed by atoms with Crippen molar-refractivity contribution >= 4 is 22.8 Å². The lowest BCUT2D eigenvalue weighted by Crippen LogP contribution is -2.30. The largest absolute Gasteiger partial charge is 0.452 e. The zero-order chi connectivity index (χ0) is 19.2. The monoisotopic (exact) mass is 364 g/mol. The number of fused-ring (bicyclic) bond motifs is 1. The van der Waals surface area contributed by atoms with Crippen LogP contribution < -0.4 is 5.32 Å². The van der Waals surface area contributed by atoms with Gasteiger partial charge in [-0.2, -0.15) is 0 Å². The molecule has 0 saturated heterocycles. The summed E-state index contributed by atoms with van der Waals surface area (Å²) in [6.45, 7) is 4.39. The van der Waals surface area contributed by atoms with Crippen LogP contribution in [0.4, 0.5) is 0 Å². The van der Waals surface area contributed by atoms with Crippen LogP contribution in [-0.4, -0.2) is 30.0 Å². The van der Waals surface area contributed by atoms with E-state index in [1.165, 1.54) is 0 Å². The predicted octanol–water partition coefficient (Wildman–Crippen LogP) is 3.81. The van der Waals surface area contributed by atoms with Crippen molar-refractivity contribution in [2.75, 3.05) is 13.2 Å². The van der Waals surface area contributed by atoms with Crippen LogP contribution in [0.1, 0.15) is 41.3 Å². The molecule has 27 heavy (non-hydrogen) atoms. The van der Waals surface area contributed by atoms with Crippen LogP contribution >= 0.6 is 0 Å². The number of amides is 1. The number of aromatic nitrogens is 1. The third-order valence-electron chi connectivity index (χ3n) is 4.54. The number of H-pyrrole nitrogens is 1. The standard InChI is InChI=1S/C22H24N2O3/c1-15(2)16-7-9-17(10-8-16)22(26)27-14-21(25)23-12-11-18-13-24-20-6-4-3-5-19(18)20/h3-10,13,15,24H,11-12,14H2,1-2H3,(H,23,25). The second-order valence-corrected chi connectivity index (χ2v) is 6.81. The Morgan fingerprint density at radius 3 is 2.56 bits per heavy atom. The summed E-state index contributed by atoms with van der Waals surface area (Å²) < 4.78 is 5.09. The van der Waals surface area contributed by atoms with Gasteiger partial charge in [-0.15, -0.1) is 0 Å². The SMILES string of the molecule is CC(C)c1ccc(C(=O)OCC(=O)NCCc2c[nH]c3ccccc23)cc1. The van der Waals surface area contributed by atoms with Crippen LogP contribution in [-0.2, 0) is 16.0 Å². The number of carbonyl (C=O) groups is 2. The molecule has 0 fully saturated rings. The van der Waals surface area contributed by atoms with Gasteiger partial charge >= 0.3 is 5.97 Å². The topological polar surface area (TPSA) is 71.2 Å². The molecule has 0 atom stereocenters. The van der Waals surface area contributed by atoms with Crippen molar-refractivity contribution in [2.24, 2.45) is 0 Å². The van der Waals surface area contributed by atoms with E-state index in [1.807, 2.05) is 36.5 Å². The molecule has 0 aliphatic rings. The van der Waals surface area contributed by atoms with E-state index in [4.69, 9.17) is 4.74 Å². The normalized spacial score (nSPS) is 10.9. The van der Waals surface area contributed by atoms with Crippen LogP contribution in [0.5, 0.6) is 0 Å². The Balaban J connectivity index is 1.43. The van der Waals surface area contributed by atoms with E-state index in [1.54, 1.807) is 12.1 Å². The van der Waals surface area contributed by atoms with Gasteiger partial charge in [0.05, 0.1) is 5.56 Å². The van der Waals surface area contributed by atoms with Gasteiger partial charge in [0, 0.05) is 23.6 Å². The molecule has 5 heteroatoms. The molecule has 3 aromatic rings. The molecular formula is C22H24N2O3. The number of benzene rings is 2. The van der Waals surface area contributed by atoms with Gasteiger partial charge < -0.3 is 15.0 Å². The van der Waals surface area contributed by atoms with Gasteiger partial charge in [0.2, 0.25) is 0 Å². The van der Waals surface area contributed by atoms with Crippen LogP contribution in [0, 0.1) is 0 Å². The highest BCUT2D eigenvalue weighted by Crippen LogP contribution is 2.17. The lowest BCUT2D eigenvalue weighted by atomic mass is 10.0. The van der Waals surface area contributed by atoms with Crippen molar-refractivity contribution in [1.82, 2.24) is 10.3 Å². The average Bonchev–Trinajstić information content (AvgIpc) is 3.09. The summed E-state index contributed by atoms with van der Waals surface area (Å²) >= 11 is 0. The maximum absolute atomic E-state index is 12.0. The molecule has 2 aromatic carbocycles. The number of hydrogen-bond acceptors (Lipinski definition) is 3. The molecular weight excluding hydrogens is 340 g/mol. The molecule has 0 radical (unpaired) electrons. The van der Waals surface area contributed by atoms with Gasteiger partial charge in [0.1, 0.15) is 0 Å². The molecule has 1 aromatic heterocycles. The Kier molecular flexibility index (Phi) is 5.91. The van der Waals surface area contributed by atoms with E-state index < -0.39 is 5.97 Å². The molecule has 0 spiro atoms. The highest BCUT2D eigenvalue weighted by Gasteiger charge is 2.11. The van der Waals surface area contributed by atoms with E-state index in [0.717, 1.165) is 22.0 Å². The quantitative estimate of drug-likeness (QED) is 0.626. The van der Waals surface area contributed by atoms with Crippen LogP contribution in [0.3, 0.4) is 0 Å². The summed E-state index contributed by atoms with van der Waals surface area (Å²) in [7, 11) is 0.